The zero-order valence-corrected chi connectivity index (χ0v) is 21.7. The molecule has 0 radical (unpaired) electrons. The molecule has 4 aromatic heterocycles. The Labute approximate surface area is 213 Å². The van der Waals surface area contributed by atoms with Crippen molar-refractivity contribution >= 4 is 22.2 Å². The van der Waals surface area contributed by atoms with E-state index in [0.29, 0.717) is 24.5 Å². The van der Waals surface area contributed by atoms with Crippen LogP contribution in [0, 0.1) is 6.92 Å². The van der Waals surface area contributed by atoms with E-state index in [0.717, 1.165) is 28.6 Å². The maximum Gasteiger partial charge on any atom is 0.253 e. The predicted molar refractivity (Wildman–Crippen MR) is 141 cm³/mol. The van der Waals surface area contributed by atoms with Crippen LogP contribution < -0.4 is 5.56 Å². The second kappa shape index (κ2) is 9.83. The molecule has 5 rings (SSSR count). The highest BCUT2D eigenvalue weighted by Crippen LogP contribution is 2.33. The summed E-state index contributed by atoms with van der Waals surface area (Å²) in [6, 6.07) is 15.5. The lowest BCUT2D eigenvalue weighted by molar-refractivity contribution is 0.170. The van der Waals surface area contributed by atoms with Crippen molar-refractivity contribution in [1.82, 2.24) is 30.1 Å². The van der Waals surface area contributed by atoms with Crippen molar-refractivity contribution in [3.8, 4) is 0 Å². The second-order valence-corrected chi connectivity index (χ2v) is 10.8. The summed E-state index contributed by atoms with van der Waals surface area (Å²) in [5, 5.41) is 16.0. The van der Waals surface area contributed by atoms with Gasteiger partial charge in [0.2, 0.25) is 0 Å². The van der Waals surface area contributed by atoms with Crippen molar-refractivity contribution in [3.63, 3.8) is 0 Å². The van der Waals surface area contributed by atoms with E-state index in [1.54, 1.807) is 17.6 Å². The molecule has 0 saturated heterocycles. The first-order valence-electron chi connectivity index (χ1n) is 12.1. The number of nitrogens with one attached hydrogen (secondary N) is 1. The number of pyridine rings is 1. The maximum absolute atomic E-state index is 13.6. The second-order valence-electron chi connectivity index (χ2n) is 9.73. The molecule has 0 aliphatic heterocycles. The van der Waals surface area contributed by atoms with Crippen LogP contribution in [-0.2, 0) is 18.6 Å². The van der Waals surface area contributed by atoms with Gasteiger partial charge in [-0.3, -0.25) is 9.69 Å². The fourth-order valence-electron chi connectivity index (χ4n) is 4.43. The topological polar surface area (TPSA) is 92.8 Å². The van der Waals surface area contributed by atoms with Gasteiger partial charge in [0.1, 0.15) is 11.8 Å². The molecule has 0 amide bonds. The number of rotatable bonds is 9. The number of hydrogen-bond acceptors (Lipinski definition) is 7. The number of aryl methyl sites for hydroxylation is 1. The Hall–Kier alpha value is -3.56. The summed E-state index contributed by atoms with van der Waals surface area (Å²) in [7, 11) is 0. The van der Waals surface area contributed by atoms with Crippen LogP contribution in [0.1, 0.15) is 60.8 Å². The molecule has 0 saturated carbocycles. The summed E-state index contributed by atoms with van der Waals surface area (Å²) in [4.78, 5) is 20.1. The molecular formula is C27H30N6O2S. The Morgan fingerprint density at radius 2 is 2.03 bits per heavy atom. The van der Waals surface area contributed by atoms with Crippen molar-refractivity contribution in [1.29, 1.82) is 0 Å². The quantitative estimate of drug-likeness (QED) is 0.290. The van der Waals surface area contributed by atoms with Gasteiger partial charge in [0.15, 0.2) is 5.82 Å². The molecule has 36 heavy (non-hydrogen) atoms. The average Bonchev–Trinajstić information content (AvgIpc) is 3.63. The number of hydrogen-bond donors (Lipinski definition) is 1. The van der Waals surface area contributed by atoms with Crippen LogP contribution in [0.15, 0.2) is 69.4 Å². The Kier molecular flexibility index (Phi) is 6.59. The normalized spacial score (nSPS) is 13.0. The molecule has 1 N–H and O–H groups in total. The first-order valence-corrected chi connectivity index (χ1v) is 12.9. The highest BCUT2D eigenvalue weighted by Gasteiger charge is 2.35. The van der Waals surface area contributed by atoms with Gasteiger partial charge in [0.25, 0.3) is 5.56 Å². The maximum atomic E-state index is 13.6. The zero-order valence-electron chi connectivity index (χ0n) is 20.9. The monoisotopic (exact) mass is 502 g/mol. The van der Waals surface area contributed by atoms with Gasteiger partial charge >= 0.3 is 0 Å². The summed E-state index contributed by atoms with van der Waals surface area (Å²) in [5.41, 5.74) is 2.03. The van der Waals surface area contributed by atoms with Crippen LogP contribution in [-0.4, -0.2) is 30.1 Å². The molecular weight excluding hydrogens is 472 g/mol. The summed E-state index contributed by atoms with van der Waals surface area (Å²) in [6.45, 7) is 9.46. The Bertz CT molecular complexity index is 1460. The van der Waals surface area contributed by atoms with Crippen LogP contribution in [0.25, 0.3) is 10.9 Å². The minimum absolute atomic E-state index is 0.157. The third kappa shape index (κ3) is 4.76. The molecule has 1 aromatic carbocycles. The summed E-state index contributed by atoms with van der Waals surface area (Å²) in [6.07, 6.45) is 2.50. The average molecular weight is 503 g/mol. The first-order chi connectivity index (χ1) is 17.4. The van der Waals surface area contributed by atoms with Crippen molar-refractivity contribution < 1.29 is 4.42 Å². The van der Waals surface area contributed by atoms with E-state index in [-0.39, 0.29) is 11.1 Å². The molecule has 0 aliphatic rings. The number of furan rings is 1. The molecule has 186 valence electrons. The predicted octanol–water partition coefficient (Wildman–Crippen LogP) is 5.41. The lowest BCUT2D eigenvalue weighted by Crippen LogP contribution is -2.37. The van der Waals surface area contributed by atoms with Crippen LogP contribution >= 0.6 is 11.3 Å². The summed E-state index contributed by atoms with van der Waals surface area (Å²) >= 11 is 1.68. The van der Waals surface area contributed by atoms with Crippen LogP contribution in [0.2, 0.25) is 0 Å². The number of aromatic nitrogens is 5. The number of benzene rings is 1. The van der Waals surface area contributed by atoms with E-state index in [9.17, 15) is 4.79 Å². The van der Waals surface area contributed by atoms with E-state index >= 15 is 0 Å². The summed E-state index contributed by atoms with van der Waals surface area (Å²) < 4.78 is 7.60. The van der Waals surface area contributed by atoms with Gasteiger partial charge in [-0.25, -0.2) is 4.68 Å². The third-order valence-corrected chi connectivity index (χ3v) is 7.60. The van der Waals surface area contributed by atoms with E-state index < -0.39 is 6.04 Å². The molecule has 5 aromatic rings. The molecule has 4 heterocycles. The van der Waals surface area contributed by atoms with Gasteiger partial charge in [-0.2, -0.15) is 0 Å². The number of tetrazole rings is 1. The molecule has 1 atom stereocenters. The first kappa shape index (κ1) is 24.1. The van der Waals surface area contributed by atoms with Crippen molar-refractivity contribution in [2.24, 2.45) is 0 Å². The molecule has 0 fully saturated rings. The van der Waals surface area contributed by atoms with Crippen LogP contribution in [0.4, 0.5) is 0 Å². The number of H-pyrrole nitrogens is 1. The number of aromatic amines is 1. The van der Waals surface area contributed by atoms with E-state index in [1.165, 1.54) is 4.88 Å². The van der Waals surface area contributed by atoms with Crippen molar-refractivity contribution in [2.45, 2.75) is 58.8 Å². The van der Waals surface area contributed by atoms with Gasteiger partial charge in [-0.05, 0) is 84.8 Å². The van der Waals surface area contributed by atoms with Crippen LogP contribution in [0.5, 0.6) is 0 Å². The minimum Gasteiger partial charge on any atom is -0.468 e. The largest absolute Gasteiger partial charge is 0.468 e. The van der Waals surface area contributed by atoms with Gasteiger partial charge in [0, 0.05) is 22.5 Å². The smallest absolute Gasteiger partial charge is 0.253 e. The molecule has 9 heteroatoms. The van der Waals surface area contributed by atoms with Gasteiger partial charge in [-0.15, -0.1) is 16.4 Å². The van der Waals surface area contributed by atoms with Gasteiger partial charge in [-0.1, -0.05) is 24.6 Å². The number of thiophene rings is 1. The van der Waals surface area contributed by atoms with E-state index in [1.807, 2.05) is 48.0 Å². The lowest BCUT2D eigenvalue weighted by atomic mass is 9.98. The minimum atomic E-state index is -0.508. The van der Waals surface area contributed by atoms with Crippen molar-refractivity contribution in [3.05, 3.63) is 98.1 Å². The standard InChI is InChI=1S/C27H30N6O2S/c1-5-27(3,4)33-25(29-30-31-33)24(22-15-19-14-18(2)10-11-23(19)28-26(22)34)32(16-20-8-6-12-35-20)17-21-9-7-13-36-21/h6-15,24H,5,16-17H2,1-4H3,(H,28,34)/t24-/m0/s1. The zero-order chi connectivity index (χ0) is 25.3. The Balaban J connectivity index is 1.73. The van der Waals surface area contributed by atoms with Crippen molar-refractivity contribution in [2.75, 3.05) is 0 Å². The highest BCUT2D eigenvalue weighted by atomic mass is 32.1. The Morgan fingerprint density at radius 1 is 1.17 bits per heavy atom. The Morgan fingerprint density at radius 3 is 2.75 bits per heavy atom. The lowest BCUT2D eigenvalue weighted by Gasteiger charge is -2.33. The van der Waals surface area contributed by atoms with Gasteiger partial charge in [0.05, 0.1) is 18.3 Å². The van der Waals surface area contributed by atoms with Crippen LogP contribution in [0.3, 0.4) is 0 Å². The molecule has 0 spiro atoms. The van der Waals surface area contributed by atoms with Gasteiger partial charge < -0.3 is 9.40 Å². The molecule has 0 bridgehead atoms. The number of fused-ring (bicyclic) bond motifs is 1. The molecule has 0 aliphatic carbocycles. The summed E-state index contributed by atoms with van der Waals surface area (Å²) in [5.74, 6) is 1.43. The molecule has 0 unspecified atom stereocenters. The highest BCUT2D eigenvalue weighted by molar-refractivity contribution is 7.09. The fraction of sp³-hybridized carbons (Fsp3) is 0.333. The SMILES string of the molecule is CCC(C)(C)n1nnnc1[C@H](c1cc2cc(C)ccc2[nH]c1=O)N(Cc1ccco1)Cc1cccs1. The molecule has 8 nitrogen and oxygen atoms in total. The van der Waals surface area contributed by atoms with E-state index in [4.69, 9.17) is 4.42 Å². The van der Waals surface area contributed by atoms with E-state index in [2.05, 4.69) is 63.7 Å². The number of nitrogens with zero attached hydrogens (tertiary/aromatic N) is 5. The third-order valence-electron chi connectivity index (χ3n) is 6.74. The fourth-order valence-corrected chi connectivity index (χ4v) is 5.16.